The van der Waals surface area contributed by atoms with Gasteiger partial charge in [-0.15, -0.1) is 0 Å². The molecule has 0 aliphatic carbocycles. The van der Waals surface area contributed by atoms with Crippen LogP contribution in [-0.4, -0.2) is 65.4 Å². The van der Waals surface area contributed by atoms with Gasteiger partial charge in [0, 0.05) is 6.54 Å². The maximum atomic E-state index is 12.5. The Bertz CT molecular complexity index is 496. The molecule has 136 valence electrons. The summed E-state index contributed by atoms with van der Waals surface area (Å²) in [5.74, 6) is -2.60. The Labute approximate surface area is 140 Å². The average molecular weight is 342 g/mol. The number of hydrogen-bond acceptors (Lipinski definition) is 5. The van der Waals surface area contributed by atoms with E-state index >= 15 is 0 Å². The number of amides is 3. The number of rotatable bonds is 8. The van der Waals surface area contributed by atoms with E-state index in [1.165, 1.54) is 4.90 Å². The van der Waals surface area contributed by atoms with Gasteiger partial charge in [-0.1, -0.05) is 20.3 Å². The molecule has 0 aromatic rings. The van der Waals surface area contributed by atoms with Crippen LogP contribution in [-0.2, 0) is 19.2 Å². The fourth-order valence-corrected chi connectivity index (χ4v) is 2.68. The van der Waals surface area contributed by atoms with Crippen LogP contribution in [0.3, 0.4) is 0 Å². The predicted octanol–water partition coefficient (Wildman–Crippen LogP) is -1.33. The van der Waals surface area contributed by atoms with Crippen LogP contribution in [0.1, 0.15) is 33.1 Å². The highest BCUT2D eigenvalue weighted by atomic mass is 16.4. The fourth-order valence-electron chi connectivity index (χ4n) is 2.68. The third kappa shape index (κ3) is 5.19. The number of carboxylic acid groups (broad SMARTS) is 1. The smallest absolute Gasteiger partial charge is 0.322 e. The third-order valence-electron chi connectivity index (χ3n) is 4.26. The highest BCUT2D eigenvalue weighted by Crippen LogP contribution is 2.18. The van der Waals surface area contributed by atoms with Crippen molar-refractivity contribution < 1.29 is 24.3 Å². The van der Waals surface area contributed by atoms with Crippen molar-refractivity contribution in [1.82, 2.24) is 15.5 Å². The molecule has 1 heterocycles. The summed E-state index contributed by atoms with van der Waals surface area (Å²) in [6, 6.07) is -1.49. The summed E-state index contributed by atoms with van der Waals surface area (Å²) in [4.78, 5) is 48.5. The molecule has 24 heavy (non-hydrogen) atoms. The number of nitrogens with one attached hydrogen (secondary N) is 2. The van der Waals surface area contributed by atoms with Crippen molar-refractivity contribution in [3.63, 3.8) is 0 Å². The maximum absolute atomic E-state index is 12.5. The Morgan fingerprint density at radius 2 is 2.00 bits per heavy atom. The minimum atomic E-state index is -1.16. The topological polar surface area (TPSA) is 142 Å². The van der Waals surface area contributed by atoms with Gasteiger partial charge in [0.1, 0.15) is 18.6 Å². The van der Waals surface area contributed by atoms with Gasteiger partial charge in [-0.2, -0.15) is 0 Å². The number of nitrogens with two attached hydrogens (primary N) is 1. The molecule has 0 bridgehead atoms. The van der Waals surface area contributed by atoms with E-state index in [2.05, 4.69) is 10.6 Å². The van der Waals surface area contributed by atoms with Gasteiger partial charge in [0.05, 0.1) is 6.54 Å². The minimum Gasteiger partial charge on any atom is -0.480 e. The van der Waals surface area contributed by atoms with Crippen LogP contribution in [0, 0.1) is 5.92 Å². The number of nitrogens with zero attached hydrogens (tertiary/aromatic N) is 1. The summed E-state index contributed by atoms with van der Waals surface area (Å²) in [6.45, 7) is 3.45. The summed E-state index contributed by atoms with van der Waals surface area (Å²) < 4.78 is 0. The van der Waals surface area contributed by atoms with Crippen molar-refractivity contribution in [2.24, 2.45) is 11.7 Å². The molecule has 5 N–H and O–H groups in total. The van der Waals surface area contributed by atoms with E-state index in [1.807, 2.05) is 6.92 Å². The number of hydrogen-bond donors (Lipinski definition) is 4. The molecule has 1 fully saturated rings. The zero-order chi connectivity index (χ0) is 18.3. The molecule has 9 heteroatoms. The number of carbonyl (C=O) groups excluding carboxylic acids is 3. The molecule has 0 aromatic heterocycles. The fraction of sp³-hybridized carbons (Fsp3) is 0.733. The molecule has 2 unspecified atom stereocenters. The van der Waals surface area contributed by atoms with Crippen LogP contribution in [0.25, 0.3) is 0 Å². The quantitative estimate of drug-likeness (QED) is 0.430. The molecule has 0 radical (unpaired) electrons. The SMILES string of the molecule is CCC(C)C(NC(=O)[C@@H]1CCCN1C(=O)CN)C(=O)NCC(=O)O. The van der Waals surface area contributed by atoms with Gasteiger partial charge in [-0.05, 0) is 18.8 Å². The van der Waals surface area contributed by atoms with Crippen molar-refractivity contribution in [3.05, 3.63) is 0 Å². The zero-order valence-corrected chi connectivity index (χ0v) is 14.1. The molecule has 3 amide bonds. The molecule has 1 aliphatic rings. The van der Waals surface area contributed by atoms with Crippen molar-refractivity contribution in [1.29, 1.82) is 0 Å². The van der Waals surface area contributed by atoms with Gasteiger partial charge >= 0.3 is 5.97 Å². The first kappa shape index (κ1) is 19.9. The molecule has 9 nitrogen and oxygen atoms in total. The predicted molar refractivity (Wildman–Crippen MR) is 85.8 cm³/mol. The lowest BCUT2D eigenvalue weighted by Crippen LogP contribution is -2.56. The van der Waals surface area contributed by atoms with Crippen LogP contribution in [0.15, 0.2) is 0 Å². The van der Waals surface area contributed by atoms with Gasteiger partial charge in [-0.25, -0.2) is 0 Å². The van der Waals surface area contributed by atoms with Crippen LogP contribution in [0.5, 0.6) is 0 Å². The number of carboxylic acids is 1. The van der Waals surface area contributed by atoms with Crippen LogP contribution >= 0.6 is 0 Å². The highest BCUT2D eigenvalue weighted by molar-refractivity contribution is 5.93. The number of carbonyl (C=O) groups is 4. The van der Waals surface area contributed by atoms with E-state index in [-0.39, 0.29) is 18.4 Å². The summed E-state index contributed by atoms with van der Waals surface area (Å²) in [5.41, 5.74) is 5.36. The molecule has 0 saturated carbocycles. The molecule has 1 saturated heterocycles. The Morgan fingerprint density at radius 3 is 2.54 bits per heavy atom. The van der Waals surface area contributed by atoms with E-state index in [4.69, 9.17) is 10.8 Å². The molecule has 0 aromatic carbocycles. The van der Waals surface area contributed by atoms with Crippen LogP contribution in [0.4, 0.5) is 0 Å². The van der Waals surface area contributed by atoms with E-state index in [1.54, 1.807) is 6.92 Å². The van der Waals surface area contributed by atoms with E-state index in [9.17, 15) is 19.2 Å². The Morgan fingerprint density at radius 1 is 1.33 bits per heavy atom. The second kappa shape index (κ2) is 9.21. The molecule has 3 atom stereocenters. The largest absolute Gasteiger partial charge is 0.480 e. The van der Waals surface area contributed by atoms with Crippen LogP contribution in [0.2, 0.25) is 0 Å². The zero-order valence-electron chi connectivity index (χ0n) is 14.1. The second-order valence-corrected chi connectivity index (χ2v) is 5.93. The second-order valence-electron chi connectivity index (χ2n) is 5.93. The lowest BCUT2D eigenvalue weighted by Gasteiger charge is -2.28. The first-order valence-electron chi connectivity index (χ1n) is 8.11. The molecule has 0 spiro atoms. The summed E-state index contributed by atoms with van der Waals surface area (Å²) in [6.07, 6.45) is 1.84. The number of aliphatic carboxylic acids is 1. The average Bonchev–Trinajstić information content (AvgIpc) is 3.05. The van der Waals surface area contributed by atoms with Crippen molar-refractivity contribution in [3.8, 4) is 0 Å². The summed E-state index contributed by atoms with van der Waals surface area (Å²) in [7, 11) is 0. The van der Waals surface area contributed by atoms with Crippen molar-refractivity contribution >= 4 is 23.7 Å². The minimum absolute atomic E-state index is 0.169. The van der Waals surface area contributed by atoms with E-state index < -0.39 is 36.4 Å². The lowest BCUT2D eigenvalue weighted by atomic mass is 9.97. The monoisotopic (exact) mass is 342 g/mol. The van der Waals surface area contributed by atoms with Gasteiger partial charge in [0.15, 0.2) is 0 Å². The molecule has 1 rings (SSSR count). The van der Waals surface area contributed by atoms with E-state index in [0.29, 0.717) is 25.8 Å². The maximum Gasteiger partial charge on any atom is 0.322 e. The first-order valence-corrected chi connectivity index (χ1v) is 8.11. The lowest BCUT2D eigenvalue weighted by molar-refractivity contribution is -0.140. The normalized spacial score (nSPS) is 19.5. The van der Waals surface area contributed by atoms with Crippen LogP contribution < -0.4 is 16.4 Å². The molecule has 1 aliphatic heterocycles. The molecular weight excluding hydrogens is 316 g/mol. The van der Waals surface area contributed by atoms with Crippen molar-refractivity contribution in [2.45, 2.75) is 45.2 Å². The van der Waals surface area contributed by atoms with Gasteiger partial charge in [0.25, 0.3) is 0 Å². The van der Waals surface area contributed by atoms with Gasteiger partial charge < -0.3 is 26.4 Å². The Balaban J connectivity index is 2.78. The Kier molecular flexibility index (Phi) is 7.63. The third-order valence-corrected chi connectivity index (χ3v) is 4.26. The standard InChI is InChI=1S/C15H26N4O5/c1-3-9(2)13(15(24)17-8-12(21)22)18-14(23)10-5-4-6-19(10)11(20)7-16/h9-10,13H,3-8,16H2,1-2H3,(H,17,24)(H,18,23)(H,21,22)/t9?,10-,13?/m0/s1. The Hall–Kier alpha value is -2.16. The summed E-state index contributed by atoms with van der Waals surface area (Å²) in [5, 5.41) is 13.6. The highest BCUT2D eigenvalue weighted by Gasteiger charge is 2.36. The molecular formula is C15H26N4O5. The summed E-state index contributed by atoms with van der Waals surface area (Å²) >= 11 is 0. The number of likely N-dealkylation sites (tertiary alicyclic amines) is 1. The van der Waals surface area contributed by atoms with E-state index in [0.717, 1.165) is 0 Å². The van der Waals surface area contributed by atoms with Crippen molar-refractivity contribution in [2.75, 3.05) is 19.6 Å². The van der Waals surface area contributed by atoms with Gasteiger partial charge in [0.2, 0.25) is 17.7 Å². The van der Waals surface area contributed by atoms with Gasteiger partial charge in [-0.3, -0.25) is 19.2 Å². The first-order chi connectivity index (χ1) is 11.3.